The average Bonchev–Trinajstić information content (AvgIpc) is 3.15. The number of nitrogens with zero attached hydrogens (tertiary/aromatic N) is 2. The van der Waals surface area contributed by atoms with Gasteiger partial charge in [-0.05, 0) is 50.9 Å². The summed E-state index contributed by atoms with van der Waals surface area (Å²) in [6.07, 6.45) is 5.47. The summed E-state index contributed by atoms with van der Waals surface area (Å²) >= 11 is 2.97. The molecule has 2 fully saturated rings. The number of fused-ring (bicyclic) bond motifs is 2. The van der Waals surface area contributed by atoms with Gasteiger partial charge in [0.25, 0.3) is 0 Å². The van der Waals surface area contributed by atoms with Crippen molar-refractivity contribution in [3.8, 4) is 0 Å². The van der Waals surface area contributed by atoms with Crippen molar-refractivity contribution in [3.05, 3.63) is 5.51 Å². The molecule has 5 atom stereocenters. The van der Waals surface area contributed by atoms with Crippen molar-refractivity contribution in [2.24, 2.45) is 17.8 Å². The highest BCUT2D eigenvalue weighted by Crippen LogP contribution is 2.49. The van der Waals surface area contributed by atoms with Crippen molar-refractivity contribution in [2.75, 3.05) is 0 Å². The van der Waals surface area contributed by atoms with Crippen LogP contribution in [0.25, 0.3) is 0 Å². The van der Waals surface area contributed by atoms with Gasteiger partial charge in [-0.15, -0.1) is 10.2 Å². The lowest BCUT2D eigenvalue weighted by Gasteiger charge is -2.29. The Bertz CT molecular complexity index is 465. The molecule has 0 saturated heterocycles. The SMILES string of the molecule is C[C@H](Sc1nncs1)C(=O)N[C@@H](C)[C@H]1C[C@H]2CC[C@H]1C2. The first kappa shape index (κ1) is 14.3. The molecule has 2 aliphatic carbocycles. The van der Waals surface area contributed by atoms with E-state index in [1.807, 2.05) is 6.92 Å². The van der Waals surface area contributed by atoms with E-state index < -0.39 is 0 Å². The van der Waals surface area contributed by atoms with E-state index in [0.29, 0.717) is 12.0 Å². The molecule has 6 heteroatoms. The molecule has 20 heavy (non-hydrogen) atoms. The molecule has 1 aromatic rings. The molecule has 0 aliphatic heterocycles. The Labute approximate surface area is 128 Å². The van der Waals surface area contributed by atoms with Crippen molar-refractivity contribution in [2.45, 2.75) is 55.2 Å². The molecule has 110 valence electrons. The first-order chi connectivity index (χ1) is 9.63. The smallest absolute Gasteiger partial charge is 0.233 e. The van der Waals surface area contributed by atoms with Crippen LogP contribution in [0.1, 0.15) is 39.5 Å². The second kappa shape index (κ2) is 6.02. The van der Waals surface area contributed by atoms with Crippen LogP contribution in [0, 0.1) is 17.8 Å². The predicted molar refractivity (Wildman–Crippen MR) is 81.8 cm³/mol. The summed E-state index contributed by atoms with van der Waals surface area (Å²) in [7, 11) is 0. The van der Waals surface area contributed by atoms with Gasteiger partial charge in [-0.1, -0.05) is 29.5 Å². The topological polar surface area (TPSA) is 54.9 Å². The fraction of sp³-hybridized carbons (Fsp3) is 0.786. The summed E-state index contributed by atoms with van der Waals surface area (Å²) in [5.74, 6) is 2.59. The number of nitrogens with one attached hydrogen (secondary N) is 1. The minimum absolute atomic E-state index is 0.107. The third-order valence-corrected chi connectivity index (χ3v) is 6.70. The average molecular weight is 311 g/mol. The third-order valence-electron chi connectivity index (χ3n) is 4.79. The molecular formula is C14H21N3OS2. The first-order valence-corrected chi connectivity index (χ1v) is 9.12. The van der Waals surface area contributed by atoms with Gasteiger partial charge in [0.2, 0.25) is 5.91 Å². The Balaban J connectivity index is 1.50. The van der Waals surface area contributed by atoms with Crippen molar-refractivity contribution < 1.29 is 4.79 Å². The van der Waals surface area contributed by atoms with Crippen LogP contribution in [0.4, 0.5) is 0 Å². The van der Waals surface area contributed by atoms with Crippen molar-refractivity contribution in [1.29, 1.82) is 0 Å². The van der Waals surface area contributed by atoms with Crippen molar-refractivity contribution >= 4 is 29.0 Å². The Morgan fingerprint density at radius 2 is 2.30 bits per heavy atom. The molecule has 0 spiro atoms. The number of thioether (sulfide) groups is 1. The van der Waals surface area contributed by atoms with Gasteiger partial charge in [0, 0.05) is 6.04 Å². The lowest BCUT2D eigenvalue weighted by Crippen LogP contribution is -2.43. The standard InChI is InChI=1S/C14H21N3OS2/c1-8(12-6-10-3-4-11(12)5-10)16-13(18)9(2)20-14-17-15-7-19-14/h7-12H,3-6H2,1-2H3,(H,16,18)/t8-,9-,10-,11-,12+/m0/s1. The molecule has 4 nitrogen and oxygen atoms in total. The summed E-state index contributed by atoms with van der Waals surface area (Å²) in [6, 6.07) is 0.301. The van der Waals surface area contributed by atoms with E-state index in [1.165, 1.54) is 48.8 Å². The second-order valence-electron chi connectivity index (χ2n) is 6.10. The zero-order valence-electron chi connectivity index (χ0n) is 11.9. The number of aromatic nitrogens is 2. The van der Waals surface area contributed by atoms with Gasteiger partial charge in [0.1, 0.15) is 5.51 Å². The maximum Gasteiger partial charge on any atom is 0.233 e. The third kappa shape index (κ3) is 3.01. The van der Waals surface area contributed by atoms with E-state index in [-0.39, 0.29) is 11.2 Å². The van der Waals surface area contributed by atoms with E-state index in [9.17, 15) is 4.79 Å². The van der Waals surface area contributed by atoms with Crippen LogP contribution < -0.4 is 5.32 Å². The van der Waals surface area contributed by atoms with Crippen LogP contribution >= 0.6 is 23.1 Å². The van der Waals surface area contributed by atoms with E-state index in [0.717, 1.165) is 16.2 Å². The summed E-state index contributed by atoms with van der Waals surface area (Å²) in [5.41, 5.74) is 1.70. The highest BCUT2D eigenvalue weighted by atomic mass is 32.2. The highest BCUT2D eigenvalue weighted by Gasteiger charge is 2.42. The summed E-state index contributed by atoms with van der Waals surface area (Å²) in [5, 5.41) is 10.9. The number of carbonyl (C=O) groups excluding carboxylic acids is 1. The molecule has 2 bridgehead atoms. The Kier molecular flexibility index (Phi) is 4.31. The van der Waals surface area contributed by atoms with Gasteiger partial charge in [-0.2, -0.15) is 0 Å². The number of hydrogen-bond donors (Lipinski definition) is 1. The molecule has 1 aromatic heterocycles. The quantitative estimate of drug-likeness (QED) is 0.850. The first-order valence-electron chi connectivity index (χ1n) is 7.36. The summed E-state index contributed by atoms with van der Waals surface area (Å²) in [4.78, 5) is 12.3. The van der Waals surface area contributed by atoms with Gasteiger partial charge in [-0.3, -0.25) is 4.79 Å². The summed E-state index contributed by atoms with van der Waals surface area (Å²) < 4.78 is 0.861. The van der Waals surface area contributed by atoms with Crippen molar-refractivity contribution in [1.82, 2.24) is 15.5 Å². The van der Waals surface area contributed by atoms with Crippen LogP contribution in [0.2, 0.25) is 0 Å². The number of carbonyl (C=O) groups is 1. The van der Waals surface area contributed by atoms with Crippen LogP contribution in [-0.2, 0) is 4.79 Å². The Morgan fingerprint density at radius 3 is 2.90 bits per heavy atom. The van der Waals surface area contributed by atoms with Crippen LogP contribution in [0.3, 0.4) is 0 Å². The highest BCUT2D eigenvalue weighted by molar-refractivity contribution is 8.02. The van der Waals surface area contributed by atoms with Gasteiger partial charge >= 0.3 is 0 Å². The molecule has 2 saturated carbocycles. The van der Waals surface area contributed by atoms with Gasteiger partial charge in [-0.25, -0.2) is 0 Å². The number of amides is 1. The fourth-order valence-electron chi connectivity index (χ4n) is 3.77. The Hall–Kier alpha value is -0.620. The molecule has 0 aromatic carbocycles. The lowest BCUT2D eigenvalue weighted by molar-refractivity contribution is -0.121. The minimum Gasteiger partial charge on any atom is -0.352 e. The van der Waals surface area contributed by atoms with E-state index in [4.69, 9.17) is 0 Å². The molecular weight excluding hydrogens is 290 g/mol. The van der Waals surface area contributed by atoms with Crippen LogP contribution in [0.5, 0.6) is 0 Å². The molecule has 1 heterocycles. The zero-order chi connectivity index (χ0) is 14.1. The zero-order valence-corrected chi connectivity index (χ0v) is 13.5. The maximum atomic E-state index is 12.3. The van der Waals surface area contributed by atoms with Gasteiger partial charge in [0.15, 0.2) is 4.34 Å². The maximum absolute atomic E-state index is 12.3. The minimum atomic E-state index is -0.107. The van der Waals surface area contributed by atoms with E-state index in [1.54, 1.807) is 5.51 Å². The molecule has 0 unspecified atom stereocenters. The number of hydrogen-bond acceptors (Lipinski definition) is 5. The van der Waals surface area contributed by atoms with E-state index >= 15 is 0 Å². The van der Waals surface area contributed by atoms with Crippen LogP contribution in [0.15, 0.2) is 9.85 Å². The monoisotopic (exact) mass is 311 g/mol. The molecule has 1 amide bonds. The molecule has 3 rings (SSSR count). The largest absolute Gasteiger partial charge is 0.352 e. The fourth-order valence-corrected chi connectivity index (χ4v) is 5.41. The van der Waals surface area contributed by atoms with Gasteiger partial charge < -0.3 is 5.32 Å². The van der Waals surface area contributed by atoms with E-state index in [2.05, 4.69) is 22.4 Å². The van der Waals surface area contributed by atoms with Gasteiger partial charge in [0.05, 0.1) is 5.25 Å². The van der Waals surface area contributed by atoms with Crippen molar-refractivity contribution in [3.63, 3.8) is 0 Å². The van der Waals surface area contributed by atoms with Crippen LogP contribution in [-0.4, -0.2) is 27.4 Å². The lowest BCUT2D eigenvalue weighted by atomic mass is 9.84. The molecule has 0 radical (unpaired) electrons. The Morgan fingerprint density at radius 1 is 1.45 bits per heavy atom. The second-order valence-corrected chi connectivity index (χ2v) is 8.52. The summed E-state index contributed by atoms with van der Waals surface area (Å²) in [6.45, 7) is 4.11. The predicted octanol–water partition coefficient (Wildman–Crippen LogP) is 2.96. The normalized spacial score (nSPS) is 31.2. The number of rotatable bonds is 5. The molecule has 1 N–H and O–H groups in total. The molecule has 2 aliphatic rings.